The number of rotatable bonds is 6. The van der Waals surface area contributed by atoms with Crippen LogP contribution in [0.15, 0.2) is 16.2 Å². The van der Waals surface area contributed by atoms with Crippen molar-refractivity contribution < 1.29 is 28.7 Å². The minimum absolute atomic E-state index is 0.0403. The fraction of sp³-hybridized carbons (Fsp3) is 0.545. The lowest BCUT2D eigenvalue weighted by atomic mass is 9.98. The number of nitrogens with zero attached hydrogens (tertiary/aromatic N) is 6. The van der Waals surface area contributed by atoms with Gasteiger partial charge in [0.05, 0.1) is 19.0 Å². The van der Waals surface area contributed by atoms with E-state index in [-0.39, 0.29) is 23.7 Å². The average molecular weight is 402 g/mol. The maximum absolute atomic E-state index is 11.9. The second kappa shape index (κ2) is 7.25. The molecule has 16 heteroatoms. The van der Waals surface area contributed by atoms with Gasteiger partial charge in [-0.15, -0.1) is 0 Å². The quantitative estimate of drug-likeness (QED) is 0.171. The van der Waals surface area contributed by atoms with Crippen LogP contribution in [0.2, 0.25) is 0 Å². The number of anilines is 1. The van der Waals surface area contributed by atoms with Gasteiger partial charge in [0, 0.05) is 17.4 Å². The second-order valence-corrected chi connectivity index (χ2v) is 6.93. The first kappa shape index (κ1) is 19.3. The number of fused-ring (bicyclic) bond motifs is 1. The molecule has 0 radical (unpaired) electrons. The minimum Gasteiger partial charge on any atom is -0.388 e. The van der Waals surface area contributed by atoms with Gasteiger partial charge in [-0.25, -0.2) is 9.55 Å². The first-order chi connectivity index (χ1) is 12.7. The monoisotopic (exact) mass is 402 g/mol. The number of nitrogens with one attached hydrogen (secondary N) is 1. The van der Waals surface area contributed by atoms with E-state index in [0.29, 0.717) is 0 Å². The van der Waals surface area contributed by atoms with E-state index < -0.39 is 44.3 Å². The Balaban J connectivity index is 1.95. The van der Waals surface area contributed by atoms with E-state index in [1.165, 1.54) is 10.9 Å². The van der Waals surface area contributed by atoms with Crippen molar-refractivity contribution in [2.24, 2.45) is 11.0 Å². The van der Waals surface area contributed by atoms with Crippen LogP contribution in [0, 0.1) is 5.92 Å². The van der Waals surface area contributed by atoms with Gasteiger partial charge >= 0.3 is 7.82 Å². The molecule has 6 N–H and O–H groups in total. The van der Waals surface area contributed by atoms with E-state index in [9.17, 15) is 14.5 Å². The van der Waals surface area contributed by atoms with Crippen molar-refractivity contribution in [2.45, 2.75) is 18.4 Å². The van der Waals surface area contributed by atoms with E-state index >= 15 is 0 Å². The summed E-state index contributed by atoms with van der Waals surface area (Å²) in [6.07, 6.45) is -2.22. The van der Waals surface area contributed by atoms with Gasteiger partial charge in [-0.1, -0.05) is 5.11 Å². The van der Waals surface area contributed by atoms with Gasteiger partial charge < -0.3 is 25.4 Å². The Hall–Kier alpha value is -2.51. The Labute approximate surface area is 149 Å². The number of ether oxygens (including phenoxy) is 1. The Morgan fingerprint density at radius 1 is 1.56 bits per heavy atom. The summed E-state index contributed by atoms with van der Waals surface area (Å²) in [6, 6.07) is 0. The normalized spacial score (nSPS) is 25.6. The van der Waals surface area contributed by atoms with Crippen molar-refractivity contribution in [3.63, 3.8) is 0 Å². The van der Waals surface area contributed by atoms with Gasteiger partial charge in [0.1, 0.15) is 6.10 Å². The molecule has 27 heavy (non-hydrogen) atoms. The fourth-order valence-corrected chi connectivity index (χ4v) is 3.18. The summed E-state index contributed by atoms with van der Waals surface area (Å²) in [5.41, 5.74) is 13.5. The van der Waals surface area contributed by atoms with E-state index in [1.807, 2.05) is 0 Å². The number of hydrogen-bond donors (Lipinski definition) is 5. The zero-order valence-electron chi connectivity index (χ0n) is 13.5. The van der Waals surface area contributed by atoms with Gasteiger partial charge in [0.15, 0.2) is 17.4 Å². The van der Waals surface area contributed by atoms with Crippen LogP contribution in [0.1, 0.15) is 6.23 Å². The summed E-state index contributed by atoms with van der Waals surface area (Å²) in [7, 11) is -4.78. The molecule has 0 aromatic carbocycles. The lowest BCUT2D eigenvalue weighted by Crippen LogP contribution is -2.30. The van der Waals surface area contributed by atoms with Crippen molar-refractivity contribution in [3.8, 4) is 0 Å². The van der Waals surface area contributed by atoms with Gasteiger partial charge in [0.25, 0.3) is 5.56 Å². The first-order valence-electron chi connectivity index (χ1n) is 7.48. The molecule has 15 nitrogen and oxygen atoms in total. The summed E-state index contributed by atoms with van der Waals surface area (Å²) in [4.78, 5) is 42.4. The first-order valence-corrected chi connectivity index (χ1v) is 9.01. The fourth-order valence-electron chi connectivity index (χ4n) is 2.84. The third-order valence-corrected chi connectivity index (χ3v) is 4.50. The molecule has 1 fully saturated rings. The number of aliphatic hydroxyl groups excluding tert-OH is 1. The lowest BCUT2D eigenvalue weighted by Gasteiger charge is -2.18. The Morgan fingerprint density at radius 2 is 2.30 bits per heavy atom. The van der Waals surface area contributed by atoms with Crippen LogP contribution in [-0.2, 0) is 13.8 Å². The summed E-state index contributed by atoms with van der Waals surface area (Å²) >= 11 is 0. The number of H-pyrrole nitrogens is 1. The number of imidazole rings is 1. The van der Waals surface area contributed by atoms with Gasteiger partial charge in [-0.05, 0) is 5.53 Å². The number of nitrogen functional groups attached to an aromatic ring is 1. The number of nitrogens with two attached hydrogens (primary N) is 1. The highest BCUT2D eigenvalue weighted by molar-refractivity contribution is 7.46. The summed E-state index contributed by atoms with van der Waals surface area (Å²) in [5, 5.41) is 14.0. The smallest absolute Gasteiger partial charge is 0.388 e. The molecule has 1 saturated heterocycles. The SMILES string of the molecule is [N-]=[N+]=NC[C@H]1[C@@H](O)[C@H](n2cnc3c(=O)[nH]c(N)nc32)O[C@@H]1COP(=O)(O)O. The molecular formula is C11H15N8O7P. The van der Waals surface area contributed by atoms with E-state index in [2.05, 4.69) is 29.5 Å². The molecule has 1 aliphatic rings. The van der Waals surface area contributed by atoms with Crippen molar-refractivity contribution in [2.75, 3.05) is 18.9 Å². The third kappa shape index (κ3) is 3.94. The third-order valence-electron chi connectivity index (χ3n) is 4.01. The average Bonchev–Trinajstić information content (AvgIpc) is 3.12. The molecule has 4 atom stereocenters. The van der Waals surface area contributed by atoms with Crippen molar-refractivity contribution in [1.29, 1.82) is 0 Å². The van der Waals surface area contributed by atoms with Crippen LogP contribution in [-0.4, -0.2) is 59.8 Å². The van der Waals surface area contributed by atoms with Crippen LogP contribution >= 0.6 is 7.82 Å². The maximum Gasteiger partial charge on any atom is 0.469 e. The number of hydrogen-bond acceptors (Lipinski definition) is 9. The standard InChI is InChI=1S/C11H15N8O7P/c12-11-16-8-6(9(21)17-11)14-3-19(8)10-7(20)4(1-15-18-13)5(26-10)2-25-27(22,23)24/h3-5,7,10,20H,1-2H2,(H2,22,23,24)(H3,12,16,17,21)/t4-,5-,7-,10-/m1/s1. The van der Waals surface area contributed by atoms with Gasteiger partial charge in [-0.3, -0.25) is 18.9 Å². The zero-order chi connectivity index (χ0) is 19.8. The lowest BCUT2D eigenvalue weighted by molar-refractivity contribution is -0.0486. The van der Waals surface area contributed by atoms with Gasteiger partial charge in [0.2, 0.25) is 5.95 Å². The van der Waals surface area contributed by atoms with Crippen molar-refractivity contribution >= 4 is 24.9 Å². The van der Waals surface area contributed by atoms with Gasteiger partial charge in [-0.2, -0.15) is 4.98 Å². The minimum atomic E-state index is -4.78. The number of aliphatic hydroxyl groups is 1. The highest BCUT2D eigenvalue weighted by Crippen LogP contribution is 2.40. The second-order valence-electron chi connectivity index (χ2n) is 5.69. The number of azide groups is 1. The molecule has 2 aromatic heterocycles. The van der Waals surface area contributed by atoms with Crippen LogP contribution in [0.5, 0.6) is 0 Å². The molecule has 3 rings (SSSR count). The van der Waals surface area contributed by atoms with Crippen LogP contribution in [0.25, 0.3) is 21.6 Å². The molecule has 146 valence electrons. The van der Waals surface area contributed by atoms with Crippen LogP contribution < -0.4 is 11.3 Å². The number of aromatic nitrogens is 4. The van der Waals surface area contributed by atoms with E-state index in [1.54, 1.807) is 0 Å². The zero-order valence-corrected chi connectivity index (χ0v) is 14.4. The molecule has 1 aliphatic heterocycles. The molecule has 0 aliphatic carbocycles. The predicted molar refractivity (Wildman–Crippen MR) is 88.0 cm³/mol. The van der Waals surface area contributed by atoms with Crippen LogP contribution in [0.3, 0.4) is 0 Å². The molecule has 0 unspecified atom stereocenters. The van der Waals surface area contributed by atoms with Crippen molar-refractivity contribution in [1.82, 2.24) is 19.5 Å². The molecular weight excluding hydrogens is 387 g/mol. The van der Waals surface area contributed by atoms with E-state index in [4.69, 9.17) is 25.8 Å². The highest BCUT2D eigenvalue weighted by atomic mass is 31.2. The molecule has 0 saturated carbocycles. The molecule has 0 amide bonds. The molecule has 3 heterocycles. The maximum atomic E-state index is 11.9. The topological polar surface area (TPSA) is 235 Å². The Bertz CT molecular complexity index is 994. The number of phosphoric acid groups is 1. The summed E-state index contributed by atoms with van der Waals surface area (Å²) < 4.78 is 22.3. The van der Waals surface area contributed by atoms with Crippen molar-refractivity contribution in [3.05, 3.63) is 27.1 Å². The predicted octanol–water partition coefficient (Wildman–Crippen LogP) is -1.00. The number of aromatic amines is 1. The molecule has 2 aromatic rings. The summed E-state index contributed by atoms with van der Waals surface area (Å²) in [5.74, 6) is -1.01. The summed E-state index contributed by atoms with van der Waals surface area (Å²) in [6.45, 7) is -0.779. The van der Waals surface area contributed by atoms with Crippen LogP contribution in [0.4, 0.5) is 5.95 Å². The molecule has 0 bridgehead atoms. The Kier molecular flexibility index (Phi) is 5.17. The number of phosphoric ester groups is 1. The Morgan fingerprint density at radius 3 is 2.96 bits per heavy atom. The molecule has 0 spiro atoms. The highest BCUT2D eigenvalue weighted by Gasteiger charge is 2.45. The van der Waals surface area contributed by atoms with E-state index in [0.717, 1.165) is 0 Å². The largest absolute Gasteiger partial charge is 0.469 e.